The van der Waals surface area contributed by atoms with Crippen LogP contribution in [0.3, 0.4) is 0 Å². The summed E-state index contributed by atoms with van der Waals surface area (Å²) in [6.07, 6.45) is 0.596. The maximum Gasteiger partial charge on any atom is 0.223 e. The van der Waals surface area contributed by atoms with Crippen molar-refractivity contribution in [3.63, 3.8) is 0 Å². The minimum atomic E-state index is -1.54. The summed E-state index contributed by atoms with van der Waals surface area (Å²) in [4.78, 5) is 13.5. The van der Waals surface area contributed by atoms with Crippen LogP contribution in [0.5, 0.6) is 0 Å². The van der Waals surface area contributed by atoms with Crippen molar-refractivity contribution in [1.29, 1.82) is 0 Å². The van der Waals surface area contributed by atoms with Gasteiger partial charge in [0.15, 0.2) is 0 Å². The molecule has 0 aliphatic carbocycles. The molecule has 1 saturated heterocycles. The first-order valence-corrected chi connectivity index (χ1v) is 6.76. The molecule has 17 heavy (non-hydrogen) atoms. The van der Waals surface area contributed by atoms with E-state index in [4.69, 9.17) is 39.5 Å². The minimum absolute atomic E-state index is 0.102. The van der Waals surface area contributed by atoms with Crippen LogP contribution in [-0.4, -0.2) is 47.1 Å². The summed E-state index contributed by atoms with van der Waals surface area (Å²) in [5.41, 5.74) is 0. The molecule has 1 aliphatic heterocycles. The summed E-state index contributed by atoms with van der Waals surface area (Å²) in [7, 11) is 0. The normalized spacial score (nSPS) is 20.0. The van der Waals surface area contributed by atoms with E-state index in [0.717, 1.165) is 6.42 Å². The van der Waals surface area contributed by atoms with Gasteiger partial charge in [-0.1, -0.05) is 41.7 Å². The maximum atomic E-state index is 11.6. The summed E-state index contributed by atoms with van der Waals surface area (Å²) in [5.74, 6) is -0.102. The topological polar surface area (TPSA) is 41.6 Å². The van der Waals surface area contributed by atoms with Crippen LogP contribution in [0.1, 0.15) is 19.8 Å². The standard InChI is InChI=1S/C10H17Cl3N2O2/c1-2-3-8(16)14-9(10(11,12)13)15-4-6-17-7-5-15/h9H,2-7H2,1H3,(H,14,16)/t9-/m1/s1. The fourth-order valence-electron chi connectivity index (χ4n) is 1.67. The molecule has 1 amide bonds. The molecule has 0 aromatic carbocycles. The van der Waals surface area contributed by atoms with Gasteiger partial charge in [-0.15, -0.1) is 0 Å². The number of amides is 1. The van der Waals surface area contributed by atoms with Crippen molar-refractivity contribution < 1.29 is 9.53 Å². The Balaban J connectivity index is 2.63. The van der Waals surface area contributed by atoms with E-state index in [1.807, 2.05) is 11.8 Å². The third kappa shape index (κ3) is 5.18. The van der Waals surface area contributed by atoms with Gasteiger partial charge in [-0.2, -0.15) is 0 Å². The van der Waals surface area contributed by atoms with E-state index in [0.29, 0.717) is 32.7 Å². The quantitative estimate of drug-likeness (QED) is 0.807. The van der Waals surface area contributed by atoms with Crippen LogP contribution in [-0.2, 0) is 9.53 Å². The van der Waals surface area contributed by atoms with Gasteiger partial charge in [0.25, 0.3) is 0 Å². The van der Waals surface area contributed by atoms with Crippen molar-refractivity contribution in [1.82, 2.24) is 10.2 Å². The molecule has 1 rings (SSSR count). The largest absolute Gasteiger partial charge is 0.379 e. The lowest BCUT2D eigenvalue weighted by atomic mass is 10.3. The van der Waals surface area contributed by atoms with Gasteiger partial charge in [0, 0.05) is 19.5 Å². The summed E-state index contributed by atoms with van der Waals surface area (Å²) >= 11 is 17.7. The molecule has 0 saturated carbocycles. The highest BCUT2D eigenvalue weighted by atomic mass is 35.6. The predicted octanol–water partition coefficient (Wildman–Crippen LogP) is 1.93. The molecule has 1 N–H and O–H groups in total. The number of morpholine rings is 1. The summed E-state index contributed by atoms with van der Waals surface area (Å²) in [6, 6.07) is 0. The number of carbonyl (C=O) groups excluding carboxylic acids is 1. The fourth-order valence-corrected chi connectivity index (χ4v) is 2.25. The van der Waals surface area contributed by atoms with E-state index >= 15 is 0 Å². The van der Waals surface area contributed by atoms with Crippen molar-refractivity contribution >= 4 is 40.7 Å². The lowest BCUT2D eigenvalue weighted by molar-refractivity contribution is -0.123. The van der Waals surface area contributed by atoms with Crippen molar-refractivity contribution in [3.05, 3.63) is 0 Å². The molecule has 7 heteroatoms. The first kappa shape index (κ1) is 15.3. The molecular weight excluding hydrogens is 286 g/mol. The zero-order valence-corrected chi connectivity index (χ0v) is 12.0. The third-order valence-corrected chi connectivity index (χ3v) is 3.12. The second-order valence-corrected chi connectivity index (χ2v) is 6.28. The van der Waals surface area contributed by atoms with Crippen LogP contribution in [0.25, 0.3) is 0 Å². The zero-order valence-electron chi connectivity index (χ0n) is 9.72. The van der Waals surface area contributed by atoms with E-state index in [2.05, 4.69) is 5.32 Å². The highest BCUT2D eigenvalue weighted by molar-refractivity contribution is 6.68. The van der Waals surface area contributed by atoms with E-state index in [1.54, 1.807) is 0 Å². The maximum absolute atomic E-state index is 11.6. The van der Waals surface area contributed by atoms with Gasteiger partial charge in [-0.3, -0.25) is 9.69 Å². The Labute approximate surface area is 117 Å². The van der Waals surface area contributed by atoms with Crippen LogP contribution in [0, 0.1) is 0 Å². The van der Waals surface area contributed by atoms with Crippen LogP contribution >= 0.6 is 34.8 Å². The highest BCUT2D eigenvalue weighted by Gasteiger charge is 2.38. The highest BCUT2D eigenvalue weighted by Crippen LogP contribution is 2.32. The Morgan fingerprint density at radius 3 is 2.47 bits per heavy atom. The summed E-state index contributed by atoms with van der Waals surface area (Å²) in [6.45, 7) is 4.39. The molecule has 0 unspecified atom stereocenters. The molecule has 1 aliphatic rings. The second-order valence-electron chi connectivity index (χ2n) is 3.91. The number of hydrogen-bond acceptors (Lipinski definition) is 3. The number of carbonyl (C=O) groups is 1. The second kappa shape index (κ2) is 7.00. The number of hydrogen-bond donors (Lipinski definition) is 1. The van der Waals surface area contributed by atoms with Gasteiger partial charge >= 0.3 is 0 Å². The van der Waals surface area contributed by atoms with Crippen molar-refractivity contribution in [2.45, 2.75) is 29.7 Å². The van der Waals surface area contributed by atoms with E-state index in [-0.39, 0.29) is 5.91 Å². The summed E-state index contributed by atoms with van der Waals surface area (Å²) < 4.78 is 3.69. The lowest BCUT2D eigenvalue weighted by Crippen LogP contribution is -2.58. The molecule has 100 valence electrons. The van der Waals surface area contributed by atoms with Crippen LogP contribution in [0.15, 0.2) is 0 Å². The van der Waals surface area contributed by atoms with Crippen LogP contribution < -0.4 is 5.32 Å². The zero-order chi connectivity index (χ0) is 12.9. The number of halogens is 3. The van der Waals surface area contributed by atoms with E-state index in [9.17, 15) is 4.79 Å². The number of alkyl halides is 3. The van der Waals surface area contributed by atoms with Gasteiger partial charge in [0.1, 0.15) is 6.17 Å². The van der Waals surface area contributed by atoms with E-state index < -0.39 is 9.96 Å². The predicted molar refractivity (Wildman–Crippen MR) is 69.5 cm³/mol. The van der Waals surface area contributed by atoms with Gasteiger partial charge in [-0.05, 0) is 6.42 Å². The SMILES string of the molecule is CCCC(=O)N[C@H](N1CCOCC1)C(Cl)(Cl)Cl. The number of rotatable bonds is 4. The first-order valence-electron chi connectivity index (χ1n) is 5.63. The fraction of sp³-hybridized carbons (Fsp3) is 0.900. The monoisotopic (exact) mass is 302 g/mol. The summed E-state index contributed by atoms with van der Waals surface area (Å²) in [5, 5.41) is 2.76. The Hall–Kier alpha value is 0.260. The molecule has 0 spiro atoms. The van der Waals surface area contributed by atoms with Gasteiger partial charge in [-0.25, -0.2) is 0 Å². The minimum Gasteiger partial charge on any atom is -0.379 e. The number of ether oxygens (including phenoxy) is 1. The molecule has 1 heterocycles. The Kier molecular flexibility index (Phi) is 6.31. The van der Waals surface area contributed by atoms with Gasteiger partial charge in [0.05, 0.1) is 13.2 Å². The van der Waals surface area contributed by atoms with Gasteiger partial charge < -0.3 is 10.1 Å². The van der Waals surface area contributed by atoms with E-state index in [1.165, 1.54) is 0 Å². The Morgan fingerprint density at radius 1 is 1.41 bits per heavy atom. The molecule has 0 radical (unpaired) electrons. The Bertz CT molecular complexity index is 252. The van der Waals surface area contributed by atoms with Crippen molar-refractivity contribution in [3.8, 4) is 0 Å². The average Bonchev–Trinajstić information content (AvgIpc) is 2.26. The lowest BCUT2D eigenvalue weighted by Gasteiger charge is -2.38. The van der Waals surface area contributed by atoms with Gasteiger partial charge in [0.2, 0.25) is 9.70 Å². The smallest absolute Gasteiger partial charge is 0.223 e. The third-order valence-electron chi connectivity index (χ3n) is 2.50. The molecular formula is C10H17Cl3N2O2. The molecule has 1 fully saturated rings. The molecule has 0 bridgehead atoms. The Morgan fingerprint density at radius 2 is 2.00 bits per heavy atom. The molecule has 0 aromatic rings. The average molecular weight is 304 g/mol. The molecule has 0 aromatic heterocycles. The first-order chi connectivity index (χ1) is 7.95. The van der Waals surface area contributed by atoms with Crippen LogP contribution in [0.4, 0.5) is 0 Å². The van der Waals surface area contributed by atoms with Crippen molar-refractivity contribution in [2.24, 2.45) is 0 Å². The molecule has 4 nitrogen and oxygen atoms in total. The van der Waals surface area contributed by atoms with Crippen LogP contribution in [0.2, 0.25) is 0 Å². The number of nitrogens with one attached hydrogen (secondary N) is 1. The number of nitrogens with zero attached hydrogens (tertiary/aromatic N) is 1. The molecule has 1 atom stereocenters. The van der Waals surface area contributed by atoms with Crippen molar-refractivity contribution in [2.75, 3.05) is 26.3 Å².